The molecule has 0 bridgehead atoms. The molecule has 0 aromatic heterocycles. The van der Waals surface area contributed by atoms with Crippen LogP contribution in [0.1, 0.15) is 54.5 Å². The summed E-state index contributed by atoms with van der Waals surface area (Å²) in [6, 6.07) is 33.7. The fourth-order valence-corrected chi connectivity index (χ4v) is 6.64. The van der Waals surface area contributed by atoms with Gasteiger partial charge in [-0.2, -0.15) is 0 Å². The van der Waals surface area contributed by atoms with E-state index < -0.39 is 0 Å². The summed E-state index contributed by atoms with van der Waals surface area (Å²) in [5.41, 5.74) is 7.08. The van der Waals surface area contributed by atoms with E-state index in [-0.39, 0.29) is 5.16 Å². The second kappa shape index (κ2) is 11.6. The molecule has 0 aliphatic rings. The monoisotopic (exact) mass is 481 g/mol. The summed E-state index contributed by atoms with van der Waals surface area (Å²) in [5.74, 6) is 0.463. The molecule has 2 N–H and O–H groups in total. The van der Waals surface area contributed by atoms with E-state index in [1.807, 2.05) is 12.1 Å². The van der Waals surface area contributed by atoms with Gasteiger partial charge in [0.2, 0.25) is 0 Å². The van der Waals surface area contributed by atoms with Crippen molar-refractivity contribution in [3.8, 4) is 5.75 Å². The van der Waals surface area contributed by atoms with Gasteiger partial charge in [-0.05, 0) is 59.5 Å². The van der Waals surface area contributed by atoms with Gasteiger partial charge >= 0.3 is 0 Å². The van der Waals surface area contributed by atoms with Gasteiger partial charge in [-0.3, -0.25) is 0 Å². The predicted molar refractivity (Wildman–Crippen MR) is 153 cm³/mol. The smallest absolute Gasteiger partial charge is 0.123 e. The third-order valence-electron chi connectivity index (χ3n) is 7.06. The first-order chi connectivity index (χ1) is 17.1. The molecular weight excluding hydrogens is 445 g/mol. The summed E-state index contributed by atoms with van der Waals surface area (Å²) in [5, 5.41) is 16.4. The number of anilines is 1. The van der Waals surface area contributed by atoms with Crippen LogP contribution < -0.4 is 10.6 Å². The van der Waals surface area contributed by atoms with Crippen molar-refractivity contribution in [2.24, 2.45) is 0 Å². The van der Waals surface area contributed by atoms with Crippen LogP contribution in [0.2, 0.25) is 0 Å². The average Bonchev–Trinajstić information content (AvgIpc) is 2.90. The molecule has 0 radical (unpaired) electrons. The van der Waals surface area contributed by atoms with E-state index in [1.165, 1.54) is 22.0 Å². The van der Waals surface area contributed by atoms with Crippen LogP contribution in [0.15, 0.2) is 97.1 Å². The first kappa shape index (κ1) is 25.0. The van der Waals surface area contributed by atoms with Crippen LogP contribution in [0.25, 0.3) is 0 Å². The maximum Gasteiger partial charge on any atom is 0.123 e. The van der Waals surface area contributed by atoms with Crippen molar-refractivity contribution in [3.05, 3.63) is 125 Å². The number of phenols is 1. The molecular formula is C32H36NOP. The number of aryl methyl sites for hydroxylation is 1. The maximum atomic E-state index is 11.5. The molecule has 0 saturated heterocycles. The molecule has 0 spiro atoms. The molecule has 1 atom stereocenters. The highest BCUT2D eigenvalue weighted by Crippen LogP contribution is 2.51. The van der Waals surface area contributed by atoms with Gasteiger partial charge in [0.05, 0.1) is 0 Å². The minimum Gasteiger partial charge on any atom is -0.507 e. The zero-order valence-electron chi connectivity index (χ0n) is 21.0. The Kier molecular flexibility index (Phi) is 8.26. The molecule has 35 heavy (non-hydrogen) atoms. The van der Waals surface area contributed by atoms with E-state index in [4.69, 9.17) is 0 Å². The van der Waals surface area contributed by atoms with E-state index in [1.54, 1.807) is 0 Å². The molecule has 4 rings (SSSR count). The molecule has 180 valence electrons. The van der Waals surface area contributed by atoms with Gasteiger partial charge in [-0.1, -0.05) is 107 Å². The lowest BCUT2D eigenvalue weighted by molar-refractivity contribution is 0.443. The first-order valence-corrected chi connectivity index (χ1v) is 13.6. The lowest BCUT2D eigenvalue weighted by Gasteiger charge is -2.35. The average molecular weight is 482 g/mol. The van der Waals surface area contributed by atoms with Crippen molar-refractivity contribution in [1.82, 2.24) is 0 Å². The fraction of sp³-hybridized carbons (Fsp3) is 0.250. The van der Waals surface area contributed by atoms with Gasteiger partial charge in [-0.15, -0.1) is 0 Å². The summed E-state index contributed by atoms with van der Waals surface area (Å²) < 4.78 is 0. The van der Waals surface area contributed by atoms with E-state index in [0.29, 0.717) is 14.3 Å². The highest BCUT2D eigenvalue weighted by molar-refractivity contribution is 7.48. The van der Waals surface area contributed by atoms with Crippen LogP contribution in [0.4, 0.5) is 5.69 Å². The van der Waals surface area contributed by atoms with Crippen molar-refractivity contribution in [1.29, 1.82) is 0 Å². The summed E-state index contributed by atoms with van der Waals surface area (Å²) in [6.45, 7) is 7.54. The number of phenolic OH excluding ortho intramolecular Hbond substituents is 1. The Bertz CT molecular complexity index is 1230. The van der Waals surface area contributed by atoms with Crippen molar-refractivity contribution in [2.75, 3.05) is 5.32 Å². The van der Waals surface area contributed by atoms with Crippen molar-refractivity contribution in [2.45, 2.75) is 51.7 Å². The summed E-state index contributed by atoms with van der Waals surface area (Å²) in [6.07, 6.45) is 2.69. The lowest BCUT2D eigenvalue weighted by Crippen LogP contribution is -2.25. The SMILES string of the molecule is CCC(CC)(Pc1c(C)cccc1CNc1ccccc1)c1cccc(Cc2ccccc2)c1O. The second-order valence-electron chi connectivity index (χ2n) is 9.22. The molecule has 4 aromatic carbocycles. The number of nitrogens with one attached hydrogen (secondary N) is 1. The molecule has 0 aliphatic carbocycles. The Morgan fingerprint density at radius 3 is 2.06 bits per heavy atom. The maximum absolute atomic E-state index is 11.5. The van der Waals surface area contributed by atoms with Gasteiger partial charge in [-0.25, -0.2) is 0 Å². The third kappa shape index (κ3) is 5.77. The van der Waals surface area contributed by atoms with Crippen LogP contribution in [0.3, 0.4) is 0 Å². The van der Waals surface area contributed by atoms with Gasteiger partial charge < -0.3 is 10.4 Å². The molecule has 0 aliphatic heterocycles. The summed E-state index contributed by atoms with van der Waals surface area (Å²) >= 11 is 0. The van der Waals surface area contributed by atoms with Gasteiger partial charge in [0, 0.05) is 29.4 Å². The van der Waals surface area contributed by atoms with Crippen LogP contribution >= 0.6 is 8.58 Å². The summed E-state index contributed by atoms with van der Waals surface area (Å²) in [4.78, 5) is 0. The topological polar surface area (TPSA) is 32.3 Å². The summed E-state index contributed by atoms with van der Waals surface area (Å²) in [7, 11) is 0.569. The molecule has 0 fully saturated rings. The van der Waals surface area contributed by atoms with Crippen molar-refractivity contribution < 1.29 is 5.11 Å². The fourth-order valence-electron chi connectivity index (χ4n) is 4.86. The Morgan fingerprint density at radius 2 is 1.37 bits per heavy atom. The minimum atomic E-state index is -0.107. The number of aromatic hydroxyl groups is 1. The van der Waals surface area contributed by atoms with E-state index in [9.17, 15) is 5.11 Å². The van der Waals surface area contributed by atoms with Gasteiger partial charge in [0.15, 0.2) is 0 Å². The minimum absolute atomic E-state index is 0.107. The molecule has 4 aromatic rings. The number of para-hydroxylation sites is 2. The standard InChI is InChI=1S/C32H36NOP/c1-4-32(5-2,29-21-13-17-26(30(29)34)22-25-15-8-6-9-16-25)35-31-24(3)14-12-18-27(31)23-33-28-19-10-7-11-20-28/h6-21,33-35H,4-5,22-23H2,1-3H3. The van der Waals surface area contributed by atoms with Crippen LogP contribution in [0, 0.1) is 6.92 Å². The second-order valence-corrected chi connectivity index (χ2v) is 10.9. The van der Waals surface area contributed by atoms with E-state index in [2.05, 4.69) is 111 Å². The zero-order chi connectivity index (χ0) is 24.7. The largest absolute Gasteiger partial charge is 0.507 e. The number of rotatable bonds is 10. The molecule has 0 heterocycles. The van der Waals surface area contributed by atoms with Crippen LogP contribution in [0.5, 0.6) is 5.75 Å². The Labute approximate surface area is 212 Å². The van der Waals surface area contributed by atoms with Gasteiger partial charge in [0.1, 0.15) is 5.75 Å². The Hall–Kier alpha value is -3.09. The predicted octanol–water partition coefficient (Wildman–Crippen LogP) is 7.92. The van der Waals surface area contributed by atoms with Gasteiger partial charge in [0.25, 0.3) is 0 Å². The third-order valence-corrected chi connectivity index (χ3v) is 9.48. The molecule has 3 heteroatoms. The van der Waals surface area contributed by atoms with Crippen LogP contribution in [-0.2, 0) is 18.1 Å². The molecule has 2 nitrogen and oxygen atoms in total. The number of benzene rings is 4. The highest BCUT2D eigenvalue weighted by Gasteiger charge is 2.33. The molecule has 0 amide bonds. The number of hydrogen-bond acceptors (Lipinski definition) is 2. The van der Waals surface area contributed by atoms with E-state index in [0.717, 1.165) is 42.6 Å². The normalized spacial score (nSPS) is 11.7. The Balaban J connectivity index is 1.67. The number of hydrogen-bond donors (Lipinski definition) is 2. The van der Waals surface area contributed by atoms with Crippen molar-refractivity contribution >= 4 is 19.6 Å². The quantitative estimate of drug-likeness (QED) is 0.226. The highest BCUT2D eigenvalue weighted by atomic mass is 31.1. The van der Waals surface area contributed by atoms with Crippen molar-refractivity contribution in [3.63, 3.8) is 0 Å². The van der Waals surface area contributed by atoms with Crippen LogP contribution in [-0.4, -0.2) is 5.11 Å². The lowest BCUT2D eigenvalue weighted by atomic mass is 9.89. The Morgan fingerprint density at radius 1 is 0.743 bits per heavy atom. The zero-order valence-corrected chi connectivity index (χ0v) is 22.0. The molecule has 0 saturated carbocycles. The first-order valence-electron chi connectivity index (χ1n) is 12.6. The van der Waals surface area contributed by atoms with E-state index >= 15 is 0 Å². The molecule has 1 unspecified atom stereocenters.